The summed E-state index contributed by atoms with van der Waals surface area (Å²) in [6.45, 7) is 0. The molecular formula is C20H18FN3O2S3. The lowest BCUT2D eigenvalue weighted by atomic mass is 10.3. The number of hydrogen-bond acceptors (Lipinski definition) is 6. The van der Waals surface area contributed by atoms with E-state index in [1.165, 1.54) is 47.4 Å². The highest BCUT2D eigenvalue weighted by molar-refractivity contribution is 8.01. The molecule has 0 aliphatic heterocycles. The van der Waals surface area contributed by atoms with Gasteiger partial charge >= 0.3 is 0 Å². The minimum Gasteiger partial charge on any atom is -0.326 e. The molecule has 29 heavy (non-hydrogen) atoms. The number of carbonyl (C=O) groups excluding carboxylic acids is 2. The number of amides is 2. The van der Waals surface area contributed by atoms with E-state index in [1.54, 1.807) is 11.8 Å². The number of carbonyl (C=O) groups is 2. The molecule has 2 amide bonds. The molecule has 0 radical (unpaired) electrons. The van der Waals surface area contributed by atoms with Gasteiger partial charge in [0, 0.05) is 21.7 Å². The van der Waals surface area contributed by atoms with Gasteiger partial charge in [0.25, 0.3) is 0 Å². The van der Waals surface area contributed by atoms with Crippen LogP contribution in [0.2, 0.25) is 0 Å². The van der Waals surface area contributed by atoms with Gasteiger partial charge in [-0.25, -0.2) is 9.37 Å². The number of nitrogens with one attached hydrogen (secondary N) is 2. The summed E-state index contributed by atoms with van der Waals surface area (Å²) in [6.07, 6.45) is 2.15. The van der Waals surface area contributed by atoms with Crippen molar-refractivity contribution in [2.24, 2.45) is 0 Å². The topological polar surface area (TPSA) is 71.1 Å². The summed E-state index contributed by atoms with van der Waals surface area (Å²) < 4.78 is 13.6. The summed E-state index contributed by atoms with van der Waals surface area (Å²) >= 11 is 4.30. The van der Waals surface area contributed by atoms with Crippen LogP contribution in [0.3, 0.4) is 0 Å². The number of halogens is 1. The second-order valence-corrected chi connectivity index (χ2v) is 8.87. The Hall–Kier alpha value is -2.36. The van der Waals surface area contributed by atoms with Crippen LogP contribution in [0.25, 0.3) is 0 Å². The Labute approximate surface area is 180 Å². The van der Waals surface area contributed by atoms with Crippen LogP contribution in [-0.4, -0.2) is 28.8 Å². The lowest BCUT2D eigenvalue weighted by Gasteiger charge is -2.05. The highest BCUT2D eigenvalue weighted by Gasteiger charge is 2.11. The predicted molar refractivity (Wildman–Crippen MR) is 118 cm³/mol. The van der Waals surface area contributed by atoms with E-state index >= 15 is 0 Å². The van der Waals surface area contributed by atoms with Crippen molar-refractivity contribution >= 4 is 58.0 Å². The summed E-state index contributed by atoms with van der Waals surface area (Å²) in [4.78, 5) is 29.7. The summed E-state index contributed by atoms with van der Waals surface area (Å²) in [5.41, 5.74) is 1.96. The maximum atomic E-state index is 12.9. The monoisotopic (exact) mass is 447 g/mol. The molecule has 0 unspecified atom stereocenters. The third-order valence-electron chi connectivity index (χ3n) is 3.68. The first-order valence-electron chi connectivity index (χ1n) is 8.58. The lowest BCUT2D eigenvalue weighted by Crippen LogP contribution is -2.15. The summed E-state index contributed by atoms with van der Waals surface area (Å²) in [7, 11) is 0. The molecule has 3 aromatic rings. The maximum Gasteiger partial charge on any atom is 0.234 e. The fraction of sp³-hybridized carbons (Fsp3) is 0.150. The van der Waals surface area contributed by atoms with Crippen molar-refractivity contribution in [2.75, 3.05) is 22.6 Å². The maximum absolute atomic E-state index is 12.9. The number of thiazole rings is 1. The van der Waals surface area contributed by atoms with Crippen LogP contribution in [0.4, 0.5) is 15.8 Å². The Kier molecular flexibility index (Phi) is 7.68. The number of nitrogens with zero attached hydrogens (tertiary/aromatic N) is 1. The Morgan fingerprint density at radius 2 is 1.83 bits per heavy atom. The zero-order chi connectivity index (χ0) is 20.6. The van der Waals surface area contributed by atoms with E-state index in [9.17, 15) is 14.0 Å². The minimum absolute atomic E-state index is 0.140. The first kappa shape index (κ1) is 21.4. The number of benzene rings is 2. The van der Waals surface area contributed by atoms with Crippen molar-refractivity contribution in [3.63, 3.8) is 0 Å². The lowest BCUT2D eigenvalue weighted by molar-refractivity contribution is -0.116. The van der Waals surface area contributed by atoms with Gasteiger partial charge in [-0.1, -0.05) is 17.8 Å². The molecule has 5 nitrogen and oxygen atoms in total. The molecule has 0 aliphatic rings. The predicted octanol–water partition coefficient (Wildman–Crippen LogP) is 4.92. The van der Waals surface area contributed by atoms with Crippen molar-refractivity contribution in [3.05, 3.63) is 65.4 Å². The van der Waals surface area contributed by atoms with E-state index in [-0.39, 0.29) is 29.8 Å². The molecule has 0 bridgehead atoms. The number of aromatic nitrogens is 1. The third-order valence-corrected chi connectivity index (χ3v) is 6.48. The Morgan fingerprint density at radius 3 is 2.59 bits per heavy atom. The second kappa shape index (κ2) is 10.4. The van der Waals surface area contributed by atoms with Crippen LogP contribution >= 0.6 is 34.9 Å². The van der Waals surface area contributed by atoms with E-state index in [0.29, 0.717) is 15.7 Å². The van der Waals surface area contributed by atoms with Crippen LogP contribution < -0.4 is 10.6 Å². The molecule has 2 aromatic carbocycles. The fourth-order valence-corrected chi connectivity index (χ4v) is 4.47. The van der Waals surface area contributed by atoms with Gasteiger partial charge in [0.05, 0.1) is 17.9 Å². The molecule has 0 fully saturated rings. The van der Waals surface area contributed by atoms with Gasteiger partial charge in [-0.3, -0.25) is 9.59 Å². The van der Waals surface area contributed by atoms with Crippen molar-refractivity contribution in [3.8, 4) is 0 Å². The van der Waals surface area contributed by atoms with Crippen molar-refractivity contribution < 1.29 is 14.0 Å². The standard InChI is InChI=1S/C20H18FN3O2S3/c1-27-17-4-2-3-15(9-17)23-18(25)10-16-11-28-20(24-16)29-12-19(26)22-14-7-5-13(21)6-8-14/h2-9,11H,10,12H2,1H3,(H,22,26)(H,23,25). The highest BCUT2D eigenvalue weighted by Crippen LogP contribution is 2.24. The van der Waals surface area contributed by atoms with Crippen molar-refractivity contribution in [2.45, 2.75) is 15.7 Å². The van der Waals surface area contributed by atoms with Gasteiger partial charge in [0.15, 0.2) is 4.34 Å². The molecule has 0 saturated carbocycles. The number of anilines is 2. The normalized spacial score (nSPS) is 10.6. The molecule has 0 atom stereocenters. The molecule has 2 N–H and O–H groups in total. The SMILES string of the molecule is CSc1cccc(NC(=O)Cc2csc(SCC(=O)Nc3ccc(F)cc3)n2)c1. The highest BCUT2D eigenvalue weighted by atomic mass is 32.2. The molecule has 150 valence electrons. The van der Waals surface area contributed by atoms with E-state index in [4.69, 9.17) is 0 Å². The van der Waals surface area contributed by atoms with Gasteiger partial charge < -0.3 is 10.6 Å². The van der Waals surface area contributed by atoms with Gasteiger partial charge in [0.1, 0.15) is 5.82 Å². The third kappa shape index (κ3) is 6.88. The van der Waals surface area contributed by atoms with Crippen LogP contribution in [0, 0.1) is 5.82 Å². The van der Waals surface area contributed by atoms with Gasteiger partial charge in [0.2, 0.25) is 11.8 Å². The number of thioether (sulfide) groups is 2. The first-order valence-corrected chi connectivity index (χ1v) is 11.7. The zero-order valence-electron chi connectivity index (χ0n) is 15.5. The molecular weight excluding hydrogens is 429 g/mol. The van der Waals surface area contributed by atoms with Crippen LogP contribution in [0.15, 0.2) is 63.1 Å². The first-order chi connectivity index (χ1) is 14.0. The average Bonchev–Trinajstić information content (AvgIpc) is 3.15. The molecule has 0 aliphatic carbocycles. The van der Waals surface area contributed by atoms with Crippen molar-refractivity contribution in [1.82, 2.24) is 4.98 Å². The van der Waals surface area contributed by atoms with Crippen LogP contribution in [0.5, 0.6) is 0 Å². The minimum atomic E-state index is -0.353. The van der Waals surface area contributed by atoms with Crippen molar-refractivity contribution in [1.29, 1.82) is 0 Å². The smallest absolute Gasteiger partial charge is 0.234 e. The molecule has 9 heteroatoms. The van der Waals surface area contributed by atoms with E-state index < -0.39 is 0 Å². The van der Waals surface area contributed by atoms with Crippen LogP contribution in [-0.2, 0) is 16.0 Å². The summed E-state index contributed by atoms with van der Waals surface area (Å²) in [5, 5.41) is 7.39. The molecule has 0 spiro atoms. The molecule has 3 rings (SSSR count). The zero-order valence-corrected chi connectivity index (χ0v) is 17.9. The van der Waals surface area contributed by atoms with Gasteiger partial charge in [-0.2, -0.15) is 0 Å². The van der Waals surface area contributed by atoms with Gasteiger partial charge in [-0.15, -0.1) is 23.1 Å². The van der Waals surface area contributed by atoms with Gasteiger partial charge in [-0.05, 0) is 48.7 Å². The molecule has 1 heterocycles. The van der Waals surface area contributed by atoms with Crippen LogP contribution in [0.1, 0.15) is 5.69 Å². The Bertz CT molecular complexity index is 993. The summed E-state index contributed by atoms with van der Waals surface area (Å²) in [6, 6.07) is 13.2. The number of hydrogen-bond donors (Lipinski definition) is 2. The Morgan fingerprint density at radius 1 is 1.07 bits per heavy atom. The number of rotatable bonds is 8. The Balaban J connectivity index is 1.46. The summed E-state index contributed by atoms with van der Waals surface area (Å²) in [5.74, 6) is -0.518. The van der Waals surface area contributed by atoms with E-state index in [2.05, 4.69) is 15.6 Å². The quantitative estimate of drug-likeness (QED) is 0.480. The average molecular weight is 448 g/mol. The van der Waals surface area contributed by atoms with E-state index in [1.807, 2.05) is 35.9 Å². The molecule has 1 aromatic heterocycles. The fourth-order valence-electron chi connectivity index (χ4n) is 2.36. The largest absolute Gasteiger partial charge is 0.326 e. The molecule has 0 saturated heterocycles. The van der Waals surface area contributed by atoms with E-state index in [0.717, 1.165) is 10.6 Å². The second-order valence-electron chi connectivity index (χ2n) is 5.91.